The van der Waals surface area contributed by atoms with E-state index in [0.717, 1.165) is 0 Å². The molecule has 302 valence electrons. The van der Waals surface area contributed by atoms with Crippen LogP contribution in [0.4, 0.5) is 79.0 Å². The van der Waals surface area contributed by atoms with Gasteiger partial charge in [0.1, 0.15) is 24.7 Å². The summed E-state index contributed by atoms with van der Waals surface area (Å²) < 4.78 is 245. The van der Waals surface area contributed by atoms with E-state index in [-0.39, 0.29) is 34.5 Å². The minimum atomic E-state index is -6.95. The van der Waals surface area contributed by atoms with Crippen LogP contribution in [-0.2, 0) is 13.2 Å². The van der Waals surface area contributed by atoms with Gasteiger partial charge >= 0.3 is 47.9 Å². The minimum absolute atomic E-state index is 0.0236. The van der Waals surface area contributed by atoms with Gasteiger partial charge in [0.15, 0.2) is 0 Å². The van der Waals surface area contributed by atoms with Crippen LogP contribution in [0.5, 0.6) is 11.5 Å². The zero-order valence-electron chi connectivity index (χ0n) is 26.6. The van der Waals surface area contributed by atoms with Crippen molar-refractivity contribution in [2.75, 3.05) is 11.5 Å². The van der Waals surface area contributed by atoms with E-state index in [1.54, 1.807) is 24.3 Å². The molecule has 0 heterocycles. The van der Waals surface area contributed by atoms with Crippen molar-refractivity contribution in [1.29, 1.82) is 0 Å². The second kappa shape index (κ2) is 16.4. The Morgan fingerprint density at radius 1 is 0.370 bits per heavy atom. The van der Waals surface area contributed by atoms with Crippen molar-refractivity contribution in [3.05, 3.63) is 83.9 Å². The largest absolute Gasteiger partial charge is 0.489 e. The van der Waals surface area contributed by atoms with Crippen molar-refractivity contribution in [1.82, 2.24) is 0 Å². The molecule has 0 saturated carbocycles. The molecule has 0 amide bonds. The van der Waals surface area contributed by atoms with Crippen LogP contribution in [-0.4, -0.2) is 59.4 Å². The van der Waals surface area contributed by atoms with Gasteiger partial charge in [-0.2, -0.15) is 79.0 Å². The number of thioether (sulfide) groups is 2. The third-order valence-electron chi connectivity index (χ3n) is 7.27. The highest BCUT2D eigenvalue weighted by Gasteiger charge is 2.82. The number of hydrogen-bond acceptors (Lipinski definition) is 4. The molecule has 0 N–H and O–H groups in total. The predicted octanol–water partition coefficient (Wildman–Crippen LogP) is 12.7. The van der Waals surface area contributed by atoms with Gasteiger partial charge in [-0.1, -0.05) is 24.3 Å². The van der Waals surface area contributed by atoms with E-state index in [1.165, 1.54) is 48.5 Å². The van der Waals surface area contributed by atoms with Gasteiger partial charge < -0.3 is 9.47 Å². The Kier molecular flexibility index (Phi) is 13.7. The summed E-state index contributed by atoms with van der Waals surface area (Å²) in [4.78, 5) is 0.402. The fourth-order valence-electron chi connectivity index (χ4n) is 4.05. The zero-order valence-corrected chi connectivity index (χ0v) is 28.2. The summed E-state index contributed by atoms with van der Waals surface area (Å²) in [6.07, 6.45) is -17.7. The smallest absolute Gasteiger partial charge is 0.460 e. The standard InChI is InChI=1S/C32H24F18O2S2/c33-25(34,27(37,38)29(41,42)31(45,46)47)13-15-53-23-9-5-21(6-10-23)51-17-19-1-2-20(4-3-19)18-52-22-7-11-24(12-8-22)54-16-14-26(35,36)28(39,40)30(43,44)32(48,49)50/h1-12H,13-18H2. The SMILES string of the molecule is FC(F)(F)C(F)(F)C(F)(F)C(F)(F)CCSc1ccc(OCc2ccc(COc3ccc(SCCC(F)(F)C(F)(F)C(F)(F)C(F)(F)F)cc3)cc2)cc1. The lowest BCUT2D eigenvalue weighted by Gasteiger charge is -2.33. The molecule has 0 atom stereocenters. The van der Waals surface area contributed by atoms with Gasteiger partial charge in [0.2, 0.25) is 0 Å². The molecule has 0 aliphatic heterocycles. The molecular formula is C32H24F18O2S2. The molecule has 3 rings (SSSR count). The van der Waals surface area contributed by atoms with Crippen LogP contribution in [0.2, 0.25) is 0 Å². The lowest BCUT2D eigenvalue weighted by Crippen LogP contribution is -2.60. The van der Waals surface area contributed by atoms with Crippen LogP contribution >= 0.6 is 23.5 Å². The highest BCUT2D eigenvalue weighted by Crippen LogP contribution is 2.55. The first-order valence-electron chi connectivity index (χ1n) is 14.8. The molecular weight excluding hydrogens is 822 g/mol. The third-order valence-corrected chi connectivity index (χ3v) is 9.30. The maximum Gasteiger partial charge on any atom is 0.460 e. The monoisotopic (exact) mass is 846 g/mol. The second-order valence-electron chi connectivity index (χ2n) is 11.2. The number of alkyl halides is 18. The molecule has 0 aliphatic rings. The quantitative estimate of drug-likeness (QED) is 0.0937. The third kappa shape index (κ3) is 10.1. The van der Waals surface area contributed by atoms with Gasteiger partial charge in [-0.05, 0) is 59.7 Å². The minimum Gasteiger partial charge on any atom is -0.489 e. The Balaban J connectivity index is 1.42. The molecule has 0 aliphatic carbocycles. The Morgan fingerprint density at radius 2 is 0.648 bits per heavy atom. The average Bonchev–Trinajstić information content (AvgIpc) is 3.06. The Bertz CT molecular complexity index is 1520. The Hall–Kier alpha value is -3.30. The van der Waals surface area contributed by atoms with E-state index >= 15 is 0 Å². The lowest BCUT2D eigenvalue weighted by molar-refractivity contribution is -0.396. The van der Waals surface area contributed by atoms with E-state index < -0.39 is 72.2 Å². The molecule has 3 aromatic rings. The first kappa shape index (κ1) is 45.1. The van der Waals surface area contributed by atoms with E-state index in [0.29, 0.717) is 34.7 Å². The average molecular weight is 847 g/mol. The van der Waals surface area contributed by atoms with Gasteiger partial charge in [-0.3, -0.25) is 0 Å². The summed E-state index contributed by atoms with van der Waals surface area (Å²) in [5.41, 5.74) is 1.31. The predicted molar refractivity (Wildman–Crippen MR) is 160 cm³/mol. The molecule has 22 heteroatoms. The van der Waals surface area contributed by atoms with Crippen molar-refractivity contribution in [2.45, 2.75) is 83.7 Å². The fourth-order valence-corrected chi connectivity index (χ4v) is 5.90. The van der Waals surface area contributed by atoms with Crippen molar-refractivity contribution >= 4 is 23.5 Å². The number of benzene rings is 3. The molecule has 0 fully saturated rings. The van der Waals surface area contributed by atoms with Crippen LogP contribution in [0.3, 0.4) is 0 Å². The van der Waals surface area contributed by atoms with Crippen LogP contribution in [0.15, 0.2) is 82.6 Å². The van der Waals surface area contributed by atoms with Crippen molar-refractivity contribution in [2.24, 2.45) is 0 Å². The van der Waals surface area contributed by atoms with Crippen LogP contribution in [0.1, 0.15) is 24.0 Å². The van der Waals surface area contributed by atoms with Gasteiger partial charge in [-0.25, -0.2) is 0 Å². The van der Waals surface area contributed by atoms with Gasteiger partial charge in [0.05, 0.1) is 0 Å². The molecule has 0 unspecified atom stereocenters. The summed E-state index contributed by atoms with van der Waals surface area (Å²) in [6, 6.07) is 17.4. The molecule has 54 heavy (non-hydrogen) atoms. The number of hydrogen-bond donors (Lipinski definition) is 0. The lowest BCUT2D eigenvalue weighted by atomic mass is 10.0. The van der Waals surface area contributed by atoms with Gasteiger partial charge in [0, 0.05) is 34.1 Å². The summed E-state index contributed by atoms with van der Waals surface area (Å²) in [5, 5.41) is 0. The first-order valence-corrected chi connectivity index (χ1v) is 16.7. The van der Waals surface area contributed by atoms with E-state index in [9.17, 15) is 79.0 Å². The maximum absolute atomic E-state index is 13.7. The van der Waals surface area contributed by atoms with Crippen LogP contribution in [0, 0.1) is 0 Å². The van der Waals surface area contributed by atoms with Crippen LogP contribution in [0.25, 0.3) is 0 Å². The zero-order chi connectivity index (χ0) is 41.0. The number of ether oxygens (including phenoxy) is 2. The fraction of sp³-hybridized carbons (Fsp3) is 0.438. The highest BCUT2D eigenvalue weighted by atomic mass is 32.2. The van der Waals surface area contributed by atoms with E-state index in [1.807, 2.05) is 0 Å². The van der Waals surface area contributed by atoms with Crippen molar-refractivity contribution in [3.63, 3.8) is 0 Å². The van der Waals surface area contributed by atoms with Gasteiger partial charge in [-0.15, -0.1) is 23.5 Å². The molecule has 0 saturated heterocycles. The van der Waals surface area contributed by atoms with Crippen LogP contribution < -0.4 is 9.47 Å². The molecule has 2 nitrogen and oxygen atoms in total. The highest BCUT2D eigenvalue weighted by molar-refractivity contribution is 7.99. The summed E-state index contributed by atoms with van der Waals surface area (Å²) in [6.45, 7) is 0.0472. The molecule has 0 aromatic heterocycles. The molecule has 3 aromatic carbocycles. The normalized spacial score (nSPS) is 14.0. The number of rotatable bonds is 18. The summed E-state index contributed by atoms with van der Waals surface area (Å²) in [5.74, 6) is -39.9. The maximum atomic E-state index is 13.7. The Morgan fingerprint density at radius 3 is 0.907 bits per heavy atom. The molecule has 0 bridgehead atoms. The summed E-state index contributed by atoms with van der Waals surface area (Å²) in [7, 11) is 0. The number of halogens is 18. The topological polar surface area (TPSA) is 18.5 Å². The molecule has 0 spiro atoms. The second-order valence-corrected chi connectivity index (χ2v) is 13.6. The van der Waals surface area contributed by atoms with Gasteiger partial charge in [0.25, 0.3) is 0 Å². The van der Waals surface area contributed by atoms with Crippen molar-refractivity contribution < 1.29 is 88.5 Å². The summed E-state index contributed by atoms with van der Waals surface area (Å²) >= 11 is 1.02. The van der Waals surface area contributed by atoms with E-state index in [2.05, 4.69) is 0 Å². The van der Waals surface area contributed by atoms with Crippen molar-refractivity contribution in [3.8, 4) is 11.5 Å². The molecule has 0 radical (unpaired) electrons. The van der Waals surface area contributed by atoms with E-state index in [4.69, 9.17) is 9.47 Å². The first-order chi connectivity index (χ1) is 24.6. The Labute approximate surface area is 302 Å².